The lowest BCUT2D eigenvalue weighted by Crippen LogP contribution is -2.44. The van der Waals surface area contributed by atoms with Gasteiger partial charge in [-0.15, -0.1) is 0 Å². The van der Waals surface area contributed by atoms with Gasteiger partial charge in [-0.1, -0.05) is 60.7 Å². The Morgan fingerprint density at radius 2 is 1.62 bits per heavy atom. The molecule has 34 heavy (non-hydrogen) atoms. The van der Waals surface area contributed by atoms with Gasteiger partial charge in [0.05, 0.1) is 5.56 Å². The molecular weight excluding hydrogens is 426 g/mol. The fourth-order valence-electron chi connectivity index (χ4n) is 4.70. The van der Waals surface area contributed by atoms with Crippen molar-refractivity contribution in [1.82, 2.24) is 9.80 Å². The van der Waals surface area contributed by atoms with Gasteiger partial charge in [-0.3, -0.25) is 9.59 Å². The summed E-state index contributed by atoms with van der Waals surface area (Å²) in [7, 11) is 0. The highest BCUT2D eigenvalue weighted by Gasteiger charge is 2.34. The van der Waals surface area contributed by atoms with E-state index < -0.39 is 6.17 Å². The number of rotatable bonds is 7. The monoisotopic (exact) mass is 455 g/mol. The Morgan fingerprint density at radius 3 is 2.44 bits per heavy atom. The third-order valence-electron chi connectivity index (χ3n) is 6.53. The number of ether oxygens (including phenoxy) is 1. The number of carbonyl (C=O) groups excluding carboxylic acids is 2. The summed E-state index contributed by atoms with van der Waals surface area (Å²) >= 11 is 0. The summed E-state index contributed by atoms with van der Waals surface area (Å²) in [6.07, 6.45) is 2.44. The van der Waals surface area contributed by atoms with Crippen LogP contribution in [0.15, 0.2) is 78.9 Å². The zero-order valence-electron chi connectivity index (χ0n) is 19.2. The largest absolute Gasteiger partial charge is 0.483 e. The average Bonchev–Trinajstić information content (AvgIpc) is 3.43. The van der Waals surface area contributed by atoms with E-state index in [0.717, 1.165) is 43.6 Å². The van der Waals surface area contributed by atoms with Gasteiger partial charge in [0, 0.05) is 30.9 Å². The minimum atomic E-state index is -0.399. The van der Waals surface area contributed by atoms with E-state index in [2.05, 4.69) is 17.4 Å². The second-order valence-electron chi connectivity index (χ2n) is 8.74. The van der Waals surface area contributed by atoms with Crippen molar-refractivity contribution in [2.24, 2.45) is 0 Å². The van der Waals surface area contributed by atoms with E-state index >= 15 is 0 Å². The van der Waals surface area contributed by atoms with E-state index in [1.165, 1.54) is 5.56 Å². The maximum atomic E-state index is 13.6. The zero-order valence-corrected chi connectivity index (χ0v) is 19.2. The highest BCUT2D eigenvalue weighted by atomic mass is 16.5. The Labute approximate surface area is 200 Å². The minimum Gasteiger partial charge on any atom is -0.483 e. The maximum Gasteiger partial charge on any atom is 0.260 e. The number of nitrogens with one attached hydrogen (secondary N) is 1. The second-order valence-corrected chi connectivity index (χ2v) is 8.74. The number of likely N-dealkylation sites (tertiary alicyclic amines) is 1. The predicted molar refractivity (Wildman–Crippen MR) is 132 cm³/mol. The van der Waals surface area contributed by atoms with Crippen molar-refractivity contribution in [3.63, 3.8) is 0 Å². The summed E-state index contributed by atoms with van der Waals surface area (Å²) in [5.74, 6) is 0.605. The number of fused-ring (bicyclic) bond motifs is 1. The lowest BCUT2D eigenvalue weighted by molar-refractivity contribution is -0.132. The Kier molecular flexibility index (Phi) is 6.47. The molecule has 1 N–H and O–H groups in total. The van der Waals surface area contributed by atoms with Gasteiger partial charge >= 0.3 is 0 Å². The third kappa shape index (κ3) is 4.62. The highest BCUT2D eigenvalue weighted by molar-refractivity contribution is 6.01. The first kappa shape index (κ1) is 22.0. The van der Waals surface area contributed by atoms with Crippen LogP contribution in [0.3, 0.4) is 0 Å². The molecule has 5 rings (SSSR count). The minimum absolute atomic E-state index is 0.00170. The maximum absolute atomic E-state index is 13.6. The first-order valence-electron chi connectivity index (χ1n) is 11.9. The number of amides is 2. The van der Waals surface area contributed by atoms with Gasteiger partial charge in [0.2, 0.25) is 0 Å². The number of hydrogen-bond donors (Lipinski definition) is 1. The summed E-state index contributed by atoms with van der Waals surface area (Å²) in [4.78, 5) is 29.8. The Hall–Kier alpha value is -3.80. The molecule has 1 fully saturated rings. The molecule has 6 nitrogen and oxygen atoms in total. The fraction of sp³-hybridized carbons (Fsp3) is 0.286. The van der Waals surface area contributed by atoms with Gasteiger partial charge in [-0.2, -0.15) is 0 Å². The van der Waals surface area contributed by atoms with Crippen molar-refractivity contribution in [3.05, 3.63) is 95.6 Å². The van der Waals surface area contributed by atoms with Crippen LogP contribution in [0.4, 0.5) is 5.69 Å². The molecule has 174 valence electrons. The van der Waals surface area contributed by atoms with E-state index in [1.807, 2.05) is 76.5 Å². The molecule has 0 saturated carbocycles. The number of benzene rings is 3. The second kappa shape index (κ2) is 10.00. The number of nitrogens with zero attached hydrogens (tertiary/aromatic N) is 2. The smallest absolute Gasteiger partial charge is 0.260 e. The van der Waals surface area contributed by atoms with Crippen LogP contribution in [0.5, 0.6) is 5.75 Å². The van der Waals surface area contributed by atoms with Gasteiger partial charge in [0.1, 0.15) is 11.9 Å². The van der Waals surface area contributed by atoms with E-state index in [9.17, 15) is 9.59 Å². The lowest BCUT2D eigenvalue weighted by Gasteiger charge is -2.38. The van der Waals surface area contributed by atoms with Crippen LogP contribution < -0.4 is 10.1 Å². The molecular formula is C28H29N3O3. The van der Waals surface area contributed by atoms with Crippen molar-refractivity contribution in [1.29, 1.82) is 0 Å². The van der Waals surface area contributed by atoms with Gasteiger partial charge in [-0.05, 0) is 43.0 Å². The standard InChI is InChI=1S/C28H29N3O3/c32-26(30-17-8-9-18-30)20-34-25-15-7-5-13-23(25)27-29-24-14-6-4-12-22(24)28(33)31(27)19-16-21-10-2-1-3-11-21/h1-7,10-15,27,29H,8-9,16-20H2. The molecule has 2 aliphatic rings. The molecule has 2 aliphatic heterocycles. The molecule has 1 atom stereocenters. The van der Waals surface area contributed by atoms with Crippen molar-refractivity contribution < 1.29 is 14.3 Å². The Balaban J connectivity index is 1.41. The van der Waals surface area contributed by atoms with Crippen LogP contribution in [-0.2, 0) is 11.2 Å². The zero-order chi connectivity index (χ0) is 23.3. The fourth-order valence-corrected chi connectivity index (χ4v) is 4.70. The van der Waals surface area contributed by atoms with Crippen LogP contribution in [0, 0.1) is 0 Å². The molecule has 0 aromatic heterocycles. The van der Waals surface area contributed by atoms with Crippen molar-refractivity contribution >= 4 is 17.5 Å². The summed E-state index contributed by atoms with van der Waals surface area (Å²) < 4.78 is 6.03. The van der Waals surface area contributed by atoms with Gasteiger partial charge in [0.15, 0.2) is 6.61 Å². The molecule has 1 saturated heterocycles. The Morgan fingerprint density at radius 1 is 0.912 bits per heavy atom. The van der Waals surface area contributed by atoms with Crippen molar-refractivity contribution in [2.45, 2.75) is 25.4 Å². The average molecular weight is 456 g/mol. The highest BCUT2D eigenvalue weighted by Crippen LogP contribution is 2.37. The predicted octanol–water partition coefficient (Wildman–Crippen LogP) is 4.50. The van der Waals surface area contributed by atoms with E-state index in [0.29, 0.717) is 17.9 Å². The SMILES string of the molecule is O=C(COc1ccccc1C1Nc2ccccc2C(=O)N1CCc1ccccc1)N1CCCC1. The lowest BCUT2D eigenvalue weighted by atomic mass is 10.0. The van der Waals surface area contributed by atoms with Crippen LogP contribution in [0.25, 0.3) is 0 Å². The molecule has 6 heteroatoms. The van der Waals surface area contributed by atoms with Crippen LogP contribution in [-0.4, -0.2) is 47.9 Å². The van der Waals surface area contributed by atoms with E-state index in [4.69, 9.17) is 4.74 Å². The van der Waals surface area contributed by atoms with Crippen LogP contribution in [0.1, 0.15) is 40.5 Å². The normalized spacial score (nSPS) is 17.3. The molecule has 1 unspecified atom stereocenters. The molecule has 2 amide bonds. The van der Waals surface area contributed by atoms with Crippen LogP contribution in [0.2, 0.25) is 0 Å². The Bertz CT molecular complexity index is 1160. The number of hydrogen-bond acceptors (Lipinski definition) is 4. The summed E-state index contributed by atoms with van der Waals surface area (Å²) in [5.41, 5.74) is 3.48. The van der Waals surface area contributed by atoms with E-state index in [1.54, 1.807) is 0 Å². The number of carbonyl (C=O) groups is 2. The number of para-hydroxylation sites is 2. The summed E-state index contributed by atoms with van der Waals surface area (Å²) in [5, 5.41) is 3.54. The van der Waals surface area contributed by atoms with Crippen molar-refractivity contribution in [2.75, 3.05) is 31.6 Å². The molecule has 3 aromatic rings. The molecule has 3 aromatic carbocycles. The molecule has 2 heterocycles. The molecule has 0 aliphatic carbocycles. The topological polar surface area (TPSA) is 61.9 Å². The number of anilines is 1. The van der Waals surface area contributed by atoms with Gasteiger partial charge in [-0.25, -0.2) is 0 Å². The molecule has 0 radical (unpaired) electrons. The third-order valence-corrected chi connectivity index (χ3v) is 6.53. The molecule has 0 spiro atoms. The van der Waals surface area contributed by atoms with Gasteiger partial charge < -0.3 is 19.9 Å². The summed E-state index contributed by atoms with van der Waals surface area (Å²) in [6, 6.07) is 25.4. The quantitative estimate of drug-likeness (QED) is 0.570. The van der Waals surface area contributed by atoms with Crippen LogP contribution >= 0.6 is 0 Å². The summed E-state index contributed by atoms with van der Waals surface area (Å²) in [6.45, 7) is 2.15. The molecule has 0 bridgehead atoms. The van der Waals surface area contributed by atoms with E-state index in [-0.39, 0.29) is 18.4 Å². The first-order valence-corrected chi connectivity index (χ1v) is 11.9. The first-order chi connectivity index (χ1) is 16.7. The van der Waals surface area contributed by atoms with Crippen molar-refractivity contribution in [3.8, 4) is 5.75 Å². The van der Waals surface area contributed by atoms with Gasteiger partial charge in [0.25, 0.3) is 11.8 Å².